The second-order valence-electron chi connectivity index (χ2n) is 8.81. The standard InChI is InChI=1S/C24H26F3N5/c1-14-13-28-21(15-11-12-15)30-20(14)31-23-17-8-3-2-4-10-19(17)29-22(32-23)16-7-5-6-9-18(16)24(25,26)27/h5-7,9,15H,2-4,8,10-13H2,1H3,(H,28,30)(H,29,31,32). The van der Waals surface area contributed by atoms with E-state index in [2.05, 4.69) is 25.6 Å². The summed E-state index contributed by atoms with van der Waals surface area (Å²) in [6.07, 6.45) is 2.43. The summed E-state index contributed by atoms with van der Waals surface area (Å²) in [4.78, 5) is 13.9. The van der Waals surface area contributed by atoms with E-state index in [0.717, 1.165) is 79.5 Å². The largest absolute Gasteiger partial charge is 0.417 e. The molecule has 5 nitrogen and oxygen atoms in total. The van der Waals surface area contributed by atoms with Gasteiger partial charge in [-0.15, -0.1) is 0 Å². The van der Waals surface area contributed by atoms with Crippen molar-refractivity contribution in [3.63, 3.8) is 0 Å². The molecule has 0 atom stereocenters. The molecule has 1 aromatic heterocycles. The van der Waals surface area contributed by atoms with Gasteiger partial charge in [-0.05, 0) is 57.1 Å². The first kappa shape index (κ1) is 21.0. The smallest absolute Gasteiger partial charge is 0.330 e. The number of rotatable bonds is 4. The zero-order valence-electron chi connectivity index (χ0n) is 18.0. The average Bonchev–Trinajstić information content (AvgIpc) is 3.62. The van der Waals surface area contributed by atoms with Gasteiger partial charge in [-0.2, -0.15) is 13.2 Å². The molecular weight excluding hydrogens is 415 g/mol. The summed E-state index contributed by atoms with van der Waals surface area (Å²) in [6.45, 7) is 2.61. The van der Waals surface area contributed by atoms with Gasteiger partial charge < -0.3 is 10.6 Å². The van der Waals surface area contributed by atoms with Crippen LogP contribution in [0.2, 0.25) is 0 Å². The summed E-state index contributed by atoms with van der Waals surface area (Å²) in [5, 5.41) is 6.83. The van der Waals surface area contributed by atoms with E-state index in [-0.39, 0.29) is 11.4 Å². The van der Waals surface area contributed by atoms with Crippen molar-refractivity contribution in [3.05, 3.63) is 52.5 Å². The third-order valence-electron chi connectivity index (χ3n) is 6.28. The summed E-state index contributed by atoms with van der Waals surface area (Å²) >= 11 is 0. The Morgan fingerprint density at radius 3 is 2.59 bits per heavy atom. The Kier molecular flexibility index (Phi) is 5.39. The normalized spacial score (nSPS) is 19.1. The molecule has 0 amide bonds. The lowest BCUT2D eigenvalue weighted by Gasteiger charge is -2.23. The van der Waals surface area contributed by atoms with Crippen LogP contribution in [0.5, 0.6) is 0 Å². The van der Waals surface area contributed by atoms with Crippen LogP contribution >= 0.6 is 0 Å². The van der Waals surface area contributed by atoms with Crippen LogP contribution in [0.15, 0.2) is 40.7 Å². The van der Waals surface area contributed by atoms with Crippen LogP contribution in [0.1, 0.15) is 55.8 Å². The fourth-order valence-corrected chi connectivity index (χ4v) is 4.32. The van der Waals surface area contributed by atoms with E-state index in [1.165, 1.54) is 12.1 Å². The van der Waals surface area contributed by atoms with Crippen molar-refractivity contribution < 1.29 is 13.2 Å². The van der Waals surface area contributed by atoms with Gasteiger partial charge in [0.2, 0.25) is 0 Å². The summed E-state index contributed by atoms with van der Waals surface area (Å²) in [5.74, 6) is 3.02. The second kappa shape index (κ2) is 8.22. The molecule has 5 rings (SSSR count). The number of amidine groups is 1. The number of nitrogens with one attached hydrogen (secondary N) is 2. The summed E-state index contributed by atoms with van der Waals surface area (Å²) in [6, 6.07) is 5.53. The van der Waals surface area contributed by atoms with Crippen LogP contribution in [0.3, 0.4) is 0 Å². The number of anilines is 1. The number of alkyl halides is 3. The van der Waals surface area contributed by atoms with E-state index in [1.807, 2.05) is 6.92 Å². The SMILES string of the molecule is CC1=C(Nc2nc(-c3ccccc3C(F)(F)F)nc3c2CCCCC3)NC(C2CC2)=NC1. The number of nitrogens with zero attached hydrogens (tertiary/aromatic N) is 3. The molecule has 2 N–H and O–H groups in total. The molecule has 8 heteroatoms. The molecule has 0 saturated heterocycles. The maximum absolute atomic E-state index is 13.7. The number of aromatic nitrogens is 2. The van der Waals surface area contributed by atoms with Crippen LogP contribution in [0, 0.1) is 5.92 Å². The van der Waals surface area contributed by atoms with E-state index in [4.69, 9.17) is 0 Å². The predicted octanol–water partition coefficient (Wildman–Crippen LogP) is 5.49. The molecule has 1 saturated carbocycles. The number of hydrogen-bond donors (Lipinski definition) is 2. The third-order valence-corrected chi connectivity index (χ3v) is 6.28. The van der Waals surface area contributed by atoms with Crippen LogP contribution in [0.4, 0.5) is 19.0 Å². The monoisotopic (exact) mass is 441 g/mol. The molecule has 1 aromatic carbocycles. The van der Waals surface area contributed by atoms with Crippen molar-refractivity contribution in [2.24, 2.45) is 10.9 Å². The molecule has 0 radical (unpaired) electrons. The lowest BCUT2D eigenvalue weighted by Crippen LogP contribution is -2.34. The average molecular weight is 442 g/mol. The van der Waals surface area contributed by atoms with Crippen LogP contribution in [0.25, 0.3) is 11.4 Å². The van der Waals surface area contributed by atoms with E-state index in [9.17, 15) is 13.2 Å². The molecule has 0 spiro atoms. The van der Waals surface area contributed by atoms with E-state index >= 15 is 0 Å². The maximum atomic E-state index is 13.7. The molecule has 0 unspecified atom stereocenters. The van der Waals surface area contributed by atoms with Gasteiger partial charge in [0.15, 0.2) is 5.82 Å². The number of halogens is 3. The van der Waals surface area contributed by atoms with Crippen LogP contribution in [-0.4, -0.2) is 22.3 Å². The zero-order chi connectivity index (χ0) is 22.3. The first-order chi connectivity index (χ1) is 15.4. The maximum Gasteiger partial charge on any atom is 0.417 e. The summed E-state index contributed by atoms with van der Waals surface area (Å²) < 4.78 is 41.1. The van der Waals surface area contributed by atoms with Gasteiger partial charge in [0.1, 0.15) is 17.5 Å². The van der Waals surface area contributed by atoms with Crippen molar-refractivity contribution >= 4 is 11.7 Å². The van der Waals surface area contributed by atoms with Gasteiger partial charge in [0.25, 0.3) is 0 Å². The Hall–Kier alpha value is -2.90. The Bertz CT molecular complexity index is 1100. The van der Waals surface area contributed by atoms with Gasteiger partial charge in [0.05, 0.1) is 12.1 Å². The van der Waals surface area contributed by atoms with Crippen molar-refractivity contribution in [1.29, 1.82) is 0 Å². The molecule has 168 valence electrons. The van der Waals surface area contributed by atoms with Crippen molar-refractivity contribution in [1.82, 2.24) is 15.3 Å². The lowest BCUT2D eigenvalue weighted by molar-refractivity contribution is -0.137. The highest BCUT2D eigenvalue weighted by atomic mass is 19.4. The van der Waals surface area contributed by atoms with E-state index in [0.29, 0.717) is 18.3 Å². The third kappa shape index (κ3) is 4.23. The molecule has 3 aliphatic rings. The molecule has 2 aliphatic carbocycles. The number of aryl methyl sites for hydroxylation is 1. The number of hydrogen-bond acceptors (Lipinski definition) is 5. The van der Waals surface area contributed by atoms with Crippen LogP contribution < -0.4 is 10.6 Å². The summed E-state index contributed by atoms with van der Waals surface area (Å²) in [5.41, 5.74) is 2.20. The Morgan fingerprint density at radius 1 is 1.03 bits per heavy atom. The number of fused-ring (bicyclic) bond motifs is 1. The van der Waals surface area contributed by atoms with Gasteiger partial charge in [-0.3, -0.25) is 4.99 Å². The minimum atomic E-state index is -4.47. The minimum Gasteiger partial charge on any atom is -0.330 e. The van der Waals surface area contributed by atoms with E-state index < -0.39 is 11.7 Å². The van der Waals surface area contributed by atoms with Crippen molar-refractivity contribution in [3.8, 4) is 11.4 Å². The number of benzene rings is 1. The van der Waals surface area contributed by atoms with Gasteiger partial charge in [0, 0.05) is 22.7 Å². The molecule has 0 bridgehead atoms. The molecule has 1 aliphatic heterocycles. The van der Waals surface area contributed by atoms with Crippen LogP contribution in [-0.2, 0) is 19.0 Å². The minimum absolute atomic E-state index is 0.0117. The predicted molar refractivity (Wildman–Crippen MR) is 118 cm³/mol. The highest BCUT2D eigenvalue weighted by Crippen LogP contribution is 2.37. The van der Waals surface area contributed by atoms with Gasteiger partial charge in [-0.1, -0.05) is 24.6 Å². The first-order valence-corrected chi connectivity index (χ1v) is 11.2. The molecule has 32 heavy (non-hydrogen) atoms. The molecule has 2 aromatic rings. The van der Waals surface area contributed by atoms with Gasteiger partial charge in [-0.25, -0.2) is 9.97 Å². The summed E-state index contributed by atoms with van der Waals surface area (Å²) in [7, 11) is 0. The fourth-order valence-electron chi connectivity index (χ4n) is 4.32. The molecular formula is C24H26F3N5. The highest BCUT2D eigenvalue weighted by Gasteiger charge is 2.35. The van der Waals surface area contributed by atoms with Crippen molar-refractivity contribution in [2.75, 3.05) is 11.9 Å². The number of aliphatic imine (C=N–C) groups is 1. The Labute approximate surface area is 185 Å². The molecule has 2 heterocycles. The quantitative estimate of drug-likeness (QED) is 0.617. The Balaban J connectivity index is 1.57. The highest BCUT2D eigenvalue weighted by molar-refractivity contribution is 5.89. The topological polar surface area (TPSA) is 62.2 Å². The second-order valence-corrected chi connectivity index (χ2v) is 8.81. The molecule has 1 fully saturated rings. The first-order valence-electron chi connectivity index (χ1n) is 11.2. The van der Waals surface area contributed by atoms with Crippen molar-refractivity contribution in [2.45, 2.75) is 58.0 Å². The fraction of sp³-hybridized carbons (Fsp3) is 0.458. The Morgan fingerprint density at radius 2 is 1.81 bits per heavy atom. The van der Waals surface area contributed by atoms with Gasteiger partial charge >= 0.3 is 6.18 Å². The lowest BCUT2D eigenvalue weighted by atomic mass is 10.0. The zero-order valence-corrected chi connectivity index (χ0v) is 18.0. The van der Waals surface area contributed by atoms with E-state index in [1.54, 1.807) is 6.07 Å².